The zero-order chi connectivity index (χ0) is 17.4. The highest BCUT2D eigenvalue weighted by Gasteiger charge is 2.08. The van der Waals surface area contributed by atoms with E-state index in [1.165, 1.54) is 4.88 Å². The number of benzene rings is 1. The molecule has 0 fully saturated rings. The van der Waals surface area contributed by atoms with Crippen molar-refractivity contribution in [2.24, 2.45) is 0 Å². The molecule has 1 amide bonds. The maximum absolute atomic E-state index is 12.0. The first-order valence-electron chi connectivity index (χ1n) is 7.67. The summed E-state index contributed by atoms with van der Waals surface area (Å²) in [5.41, 5.74) is 1.02. The maximum Gasteiger partial charge on any atom is 0.220 e. The van der Waals surface area contributed by atoms with Crippen LogP contribution in [-0.2, 0) is 17.8 Å². The van der Waals surface area contributed by atoms with Gasteiger partial charge in [-0.05, 0) is 43.2 Å². The molecule has 1 N–H and O–H groups in total. The van der Waals surface area contributed by atoms with Crippen LogP contribution in [0.5, 0.6) is 11.5 Å². The third-order valence-electron chi connectivity index (χ3n) is 3.44. The minimum absolute atomic E-state index is 0.0349. The van der Waals surface area contributed by atoms with Crippen LogP contribution >= 0.6 is 11.3 Å². The van der Waals surface area contributed by atoms with E-state index in [4.69, 9.17) is 15.9 Å². The van der Waals surface area contributed by atoms with E-state index in [9.17, 15) is 4.79 Å². The van der Waals surface area contributed by atoms with Gasteiger partial charge in [0.2, 0.25) is 5.91 Å². The van der Waals surface area contributed by atoms with Crippen LogP contribution in [0.15, 0.2) is 30.3 Å². The number of hydrogen-bond donors (Lipinski definition) is 1. The lowest BCUT2D eigenvalue weighted by Gasteiger charge is -2.10. The summed E-state index contributed by atoms with van der Waals surface area (Å²) >= 11 is 1.70. The summed E-state index contributed by atoms with van der Waals surface area (Å²) in [6.07, 6.45) is 6.26. The highest BCUT2D eigenvalue weighted by Crippen LogP contribution is 2.28. The molecule has 0 aliphatic carbocycles. The van der Waals surface area contributed by atoms with E-state index < -0.39 is 0 Å². The normalized spacial score (nSPS) is 10.0. The average Bonchev–Trinajstić information content (AvgIpc) is 3.02. The van der Waals surface area contributed by atoms with E-state index in [0.717, 1.165) is 10.4 Å². The number of methoxy groups -OCH3 is 1. The summed E-state index contributed by atoms with van der Waals surface area (Å²) in [7, 11) is 1.58. The fourth-order valence-corrected chi connectivity index (χ4v) is 3.05. The third kappa shape index (κ3) is 5.32. The second kappa shape index (κ2) is 8.99. The summed E-state index contributed by atoms with van der Waals surface area (Å²) in [5, 5.41) is 2.94. The quantitative estimate of drug-likeness (QED) is 0.748. The van der Waals surface area contributed by atoms with E-state index in [-0.39, 0.29) is 12.5 Å². The maximum atomic E-state index is 12.0. The Labute approximate surface area is 146 Å². The predicted molar refractivity (Wildman–Crippen MR) is 96.5 cm³/mol. The van der Waals surface area contributed by atoms with Crippen LogP contribution in [0, 0.1) is 19.3 Å². The van der Waals surface area contributed by atoms with Crippen molar-refractivity contribution in [1.82, 2.24) is 5.32 Å². The first-order chi connectivity index (χ1) is 11.6. The first-order valence-corrected chi connectivity index (χ1v) is 8.49. The van der Waals surface area contributed by atoms with E-state index in [0.29, 0.717) is 30.9 Å². The second-order valence-corrected chi connectivity index (χ2v) is 6.64. The Morgan fingerprint density at radius 3 is 2.79 bits per heavy atom. The number of rotatable bonds is 8. The Morgan fingerprint density at radius 1 is 1.29 bits per heavy atom. The molecule has 1 heterocycles. The molecule has 2 aromatic rings. The number of carbonyl (C=O) groups is 1. The molecule has 0 atom stereocenters. The Kier molecular flexibility index (Phi) is 6.71. The molecule has 0 spiro atoms. The molecule has 24 heavy (non-hydrogen) atoms. The van der Waals surface area contributed by atoms with E-state index >= 15 is 0 Å². The monoisotopic (exact) mass is 343 g/mol. The lowest BCUT2D eigenvalue weighted by atomic mass is 10.1. The Bertz CT molecular complexity index is 730. The van der Waals surface area contributed by atoms with E-state index in [2.05, 4.69) is 24.2 Å². The molecule has 0 aliphatic rings. The standard InChI is InChI=1S/C19H21NO3S/c1-4-11-23-17-9-6-15(12-18(17)22-3)7-10-19(21)20-13-16-8-5-14(2)24-16/h1,5-6,8-9,12H,7,10-11,13H2,2-3H3,(H,20,21). The molecule has 4 nitrogen and oxygen atoms in total. The molecular formula is C19H21NO3S. The molecule has 0 aliphatic heterocycles. The van der Waals surface area contributed by atoms with Crippen molar-refractivity contribution in [1.29, 1.82) is 0 Å². The summed E-state index contributed by atoms with van der Waals surface area (Å²) in [6, 6.07) is 9.71. The van der Waals surface area contributed by atoms with Gasteiger partial charge in [0.15, 0.2) is 11.5 Å². The van der Waals surface area contributed by atoms with Crippen molar-refractivity contribution >= 4 is 17.2 Å². The van der Waals surface area contributed by atoms with Gasteiger partial charge in [0.1, 0.15) is 6.61 Å². The van der Waals surface area contributed by atoms with Gasteiger partial charge >= 0.3 is 0 Å². The molecule has 5 heteroatoms. The van der Waals surface area contributed by atoms with Crippen LogP contribution < -0.4 is 14.8 Å². The second-order valence-electron chi connectivity index (χ2n) is 5.27. The van der Waals surface area contributed by atoms with Crippen LogP contribution in [0.2, 0.25) is 0 Å². The number of hydrogen-bond acceptors (Lipinski definition) is 4. The van der Waals surface area contributed by atoms with Crippen LogP contribution in [0.4, 0.5) is 0 Å². The first kappa shape index (κ1) is 17.9. The summed E-state index contributed by atoms with van der Waals surface area (Å²) in [5.74, 6) is 3.69. The molecule has 0 bridgehead atoms. The SMILES string of the molecule is C#CCOc1ccc(CCC(=O)NCc2ccc(C)s2)cc1OC. The summed E-state index contributed by atoms with van der Waals surface area (Å²) < 4.78 is 10.7. The zero-order valence-corrected chi connectivity index (χ0v) is 14.7. The van der Waals surface area contributed by atoms with Gasteiger partial charge in [-0.15, -0.1) is 17.8 Å². The van der Waals surface area contributed by atoms with Crippen molar-refractivity contribution < 1.29 is 14.3 Å². The number of thiophene rings is 1. The molecular weight excluding hydrogens is 322 g/mol. The van der Waals surface area contributed by atoms with Crippen molar-refractivity contribution in [3.63, 3.8) is 0 Å². The number of carbonyl (C=O) groups excluding carboxylic acids is 1. The molecule has 1 aromatic heterocycles. The Morgan fingerprint density at radius 2 is 2.12 bits per heavy atom. The third-order valence-corrected chi connectivity index (χ3v) is 4.44. The van der Waals surface area contributed by atoms with Crippen molar-refractivity contribution in [2.75, 3.05) is 13.7 Å². The predicted octanol–water partition coefficient (Wildman–Crippen LogP) is 3.33. The zero-order valence-electron chi connectivity index (χ0n) is 13.9. The minimum atomic E-state index is 0.0349. The smallest absolute Gasteiger partial charge is 0.220 e. The Balaban J connectivity index is 1.84. The van der Waals surface area contributed by atoms with Gasteiger partial charge in [0.25, 0.3) is 0 Å². The molecule has 0 saturated heterocycles. The number of terminal acetylenes is 1. The van der Waals surface area contributed by atoms with E-state index in [1.807, 2.05) is 24.3 Å². The van der Waals surface area contributed by atoms with Gasteiger partial charge in [-0.3, -0.25) is 4.79 Å². The van der Waals surface area contributed by atoms with Gasteiger partial charge in [0, 0.05) is 16.2 Å². The molecule has 1 aromatic carbocycles. The number of nitrogens with one attached hydrogen (secondary N) is 1. The lowest BCUT2D eigenvalue weighted by Crippen LogP contribution is -2.22. The van der Waals surface area contributed by atoms with E-state index in [1.54, 1.807) is 18.4 Å². The number of aryl methyl sites for hydroxylation is 2. The number of amides is 1. The van der Waals surface area contributed by atoms with Crippen LogP contribution in [0.25, 0.3) is 0 Å². The van der Waals surface area contributed by atoms with Crippen LogP contribution in [0.1, 0.15) is 21.7 Å². The van der Waals surface area contributed by atoms with Gasteiger partial charge in [-0.25, -0.2) is 0 Å². The van der Waals surface area contributed by atoms with Crippen LogP contribution in [-0.4, -0.2) is 19.6 Å². The molecule has 2 rings (SSSR count). The number of ether oxygens (including phenoxy) is 2. The van der Waals surface area contributed by atoms with Crippen molar-refractivity contribution in [3.8, 4) is 23.8 Å². The minimum Gasteiger partial charge on any atom is -0.493 e. The summed E-state index contributed by atoms with van der Waals surface area (Å²) in [6.45, 7) is 2.83. The fourth-order valence-electron chi connectivity index (χ4n) is 2.22. The van der Waals surface area contributed by atoms with Gasteiger partial charge in [-0.2, -0.15) is 0 Å². The van der Waals surface area contributed by atoms with Crippen LogP contribution in [0.3, 0.4) is 0 Å². The van der Waals surface area contributed by atoms with Crippen molar-refractivity contribution in [2.45, 2.75) is 26.3 Å². The summed E-state index contributed by atoms with van der Waals surface area (Å²) in [4.78, 5) is 14.4. The molecule has 0 saturated carbocycles. The Hall–Kier alpha value is -2.45. The van der Waals surface area contributed by atoms with Gasteiger partial charge < -0.3 is 14.8 Å². The largest absolute Gasteiger partial charge is 0.493 e. The molecule has 126 valence electrons. The topological polar surface area (TPSA) is 47.6 Å². The fraction of sp³-hybridized carbons (Fsp3) is 0.316. The highest BCUT2D eigenvalue weighted by atomic mass is 32.1. The highest BCUT2D eigenvalue weighted by molar-refractivity contribution is 7.11. The molecule has 0 radical (unpaired) electrons. The molecule has 0 unspecified atom stereocenters. The van der Waals surface area contributed by atoms with Gasteiger partial charge in [-0.1, -0.05) is 12.0 Å². The average molecular weight is 343 g/mol. The van der Waals surface area contributed by atoms with Gasteiger partial charge in [0.05, 0.1) is 13.7 Å². The lowest BCUT2D eigenvalue weighted by molar-refractivity contribution is -0.121. The van der Waals surface area contributed by atoms with Crippen molar-refractivity contribution in [3.05, 3.63) is 45.6 Å².